The van der Waals surface area contributed by atoms with Crippen molar-refractivity contribution < 1.29 is 28.6 Å². The van der Waals surface area contributed by atoms with Gasteiger partial charge >= 0.3 is 17.9 Å². The fraction of sp³-hybridized carbons (Fsp3) is 0.357. The number of carbonyl (C=O) groups is 3. The molecule has 6 nitrogen and oxygen atoms in total. The zero-order chi connectivity index (χ0) is 16.6. The van der Waals surface area contributed by atoms with E-state index in [9.17, 15) is 14.4 Å². The maximum absolute atomic E-state index is 10.2. The Kier molecular flexibility index (Phi) is 18.9. The number of allylic oxidation sites excluding steroid dienone is 1. The van der Waals surface area contributed by atoms with E-state index in [0.717, 1.165) is 6.08 Å². The fourth-order valence-electron chi connectivity index (χ4n) is 0.462. The Morgan fingerprint density at radius 2 is 1.40 bits per heavy atom. The molecule has 0 N–H and O–H groups in total. The van der Waals surface area contributed by atoms with Crippen LogP contribution in [0.4, 0.5) is 0 Å². The van der Waals surface area contributed by atoms with Gasteiger partial charge in [0.1, 0.15) is 0 Å². The molecule has 0 saturated heterocycles. The fourth-order valence-corrected chi connectivity index (χ4v) is 0.462. The van der Waals surface area contributed by atoms with Crippen molar-refractivity contribution in [1.82, 2.24) is 0 Å². The Hall–Kier alpha value is -2.37. The Balaban J connectivity index is -0.000000218. The van der Waals surface area contributed by atoms with Crippen molar-refractivity contribution >= 4 is 17.9 Å². The third-order valence-electron chi connectivity index (χ3n) is 1.41. The average Bonchev–Trinajstić information content (AvgIpc) is 2.46. The van der Waals surface area contributed by atoms with Gasteiger partial charge in [0.2, 0.25) is 0 Å². The van der Waals surface area contributed by atoms with E-state index in [1.165, 1.54) is 27.4 Å². The van der Waals surface area contributed by atoms with Crippen LogP contribution in [0.2, 0.25) is 0 Å². The maximum Gasteiger partial charge on any atom is 0.332 e. The first kappa shape index (κ1) is 22.8. The van der Waals surface area contributed by atoms with Crippen LogP contribution in [-0.2, 0) is 28.6 Å². The summed E-state index contributed by atoms with van der Waals surface area (Å²) in [5.41, 5.74) is 0.433. The highest BCUT2D eigenvalue weighted by molar-refractivity contribution is 5.86. The van der Waals surface area contributed by atoms with Crippen LogP contribution in [-0.4, -0.2) is 39.2 Å². The first-order chi connectivity index (χ1) is 9.30. The summed E-state index contributed by atoms with van der Waals surface area (Å²) < 4.78 is 12.7. The molecule has 0 aromatic rings. The predicted octanol–water partition coefficient (Wildman–Crippen LogP) is 1.82. The van der Waals surface area contributed by atoms with Gasteiger partial charge in [0.25, 0.3) is 0 Å². The summed E-state index contributed by atoms with van der Waals surface area (Å²) in [6, 6.07) is 0. The lowest BCUT2D eigenvalue weighted by atomic mass is 10.4. The summed E-state index contributed by atoms with van der Waals surface area (Å²) in [6.45, 7) is 9.87. The van der Waals surface area contributed by atoms with Crippen molar-refractivity contribution in [3.05, 3.63) is 37.0 Å². The smallest absolute Gasteiger partial charge is 0.332 e. The summed E-state index contributed by atoms with van der Waals surface area (Å²) in [5, 5.41) is 0. The predicted molar refractivity (Wildman–Crippen MR) is 75.9 cm³/mol. The molecule has 0 amide bonds. The molecule has 0 atom stereocenters. The standard InChI is InChI=1S/2C5H8O2.C4H6O2/c1-4(2)5(6)7-3;1-3-4-5(6)7-2;1-3-4(5)6-2/h1H2,2-3H3;3-4H,1-2H3;3H,1H2,2H3/b;4-3+;. The molecule has 0 aliphatic rings. The molecule has 20 heavy (non-hydrogen) atoms. The van der Waals surface area contributed by atoms with Crippen molar-refractivity contribution in [2.24, 2.45) is 0 Å². The number of hydrogen-bond donors (Lipinski definition) is 0. The topological polar surface area (TPSA) is 78.9 Å². The van der Waals surface area contributed by atoms with Crippen LogP contribution < -0.4 is 0 Å². The van der Waals surface area contributed by atoms with Crippen LogP contribution in [0.3, 0.4) is 0 Å². The molecule has 6 heteroatoms. The second kappa shape index (κ2) is 16.6. The third-order valence-corrected chi connectivity index (χ3v) is 1.41. The van der Waals surface area contributed by atoms with Crippen molar-refractivity contribution in [2.75, 3.05) is 21.3 Å². The molecule has 0 fully saturated rings. The highest BCUT2D eigenvalue weighted by Gasteiger charge is 1.95. The van der Waals surface area contributed by atoms with Crippen LogP contribution >= 0.6 is 0 Å². The normalized spacial score (nSPS) is 8.05. The number of carbonyl (C=O) groups excluding carboxylic acids is 3. The molecule has 114 valence electrons. The Bertz CT molecular complexity index is 355. The molecule has 0 aliphatic heterocycles. The largest absolute Gasteiger partial charge is 0.466 e. The lowest BCUT2D eigenvalue weighted by Gasteiger charge is -1.91. The first-order valence-electron chi connectivity index (χ1n) is 5.45. The molecule has 0 radical (unpaired) electrons. The molecule has 0 spiro atoms. The molecule has 0 aliphatic carbocycles. The highest BCUT2D eigenvalue weighted by Crippen LogP contribution is 1.87. The molecular weight excluding hydrogens is 264 g/mol. The molecule has 0 saturated carbocycles. The Morgan fingerprint density at radius 3 is 1.45 bits per heavy atom. The van der Waals surface area contributed by atoms with Gasteiger partial charge in [-0.3, -0.25) is 0 Å². The summed E-state index contributed by atoms with van der Waals surface area (Å²) in [6.07, 6.45) is 4.10. The number of esters is 3. The molecule has 0 aromatic carbocycles. The van der Waals surface area contributed by atoms with Gasteiger partial charge in [-0.05, 0) is 13.8 Å². The molecule has 0 bridgehead atoms. The van der Waals surface area contributed by atoms with Gasteiger partial charge in [-0.15, -0.1) is 0 Å². The second-order valence-electron chi connectivity index (χ2n) is 3.02. The van der Waals surface area contributed by atoms with E-state index in [1.807, 2.05) is 0 Å². The van der Waals surface area contributed by atoms with Crippen molar-refractivity contribution in [3.63, 3.8) is 0 Å². The Morgan fingerprint density at radius 1 is 0.950 bits per heavy atom. The molecule has 0 heterocycles. The monoisotopic (exact) mass is 286 g/mol. The zero-order valence-corrected chi connectivity index (χ0v) is 12.6. The van der Waals surface area contributed by atoms with Gasteiger partial charge < -0.3 is 14.2 Å². The van der Waals surface area contributed by atoms with E-state index in [4.69, 9.17) is 0 Å². The lowest BCUT2D eigenvalue weighted by molar-refractivity contribution is -0.136. The SMILES string of the molecule is C/C=C/C(=O)OC.C=C(C)C(=O)OC.C=CC(=O)OC. The van der Waals surface area contributed by atoms with Crippen LogP contribution in [0.1, 0.15) is 13.8 Å². The van der Waals surface area contributed by atoms with Gasteiger partial charge in [-0.2, -0.15) is 0 Å². The third kappa shape index (κ3) is 21.0. The average molecular weight is 286 g/mol. The van der Waals surface area contributed by atoms with Crippen molar-refractivity contribution in [2.45, 2.75) is 13.8 Å². The van der Waals surface area contributed by atoms with E-state index < -0.39 is 5.97 Å². The minimum atomic E-state index is -0.394. The number of rotatable bonds is 3. The van der Waals surface area contributed by atoms with Gasteiger partial charge in [0, 0.05) is 17.7 Å². The first-order valence-corrected chi connectivity index (χ1v) is 5.45. The van der Waals surface area contributed by atoms with E-state index >= 15 is 0 Å². The van der Waals surface area contributed by atoms with Crippen LogP contribution in [0, 0.1) is 0 Å². The van der Waals surface area contributed by atoms with Crippen LogP contribution in [0.5, 0.6) is 0 Å². The zero-order valence-electron chi connectivity index (χ0n) is 12.6. The highest BCUT2D eigenvalue weighted by atomic mass is 16.5. The molecule has 0 rings (SSSR count). The van der Waals surface area contributed by atoms with Crippen molar-refractivity contribution in [3.8, 4) is 0 Å². The second-order valence-corrected chi connectivity index (χ2v) is 3.02. The lowest BCUT2D eigenvalue weighted by Crippen LogP contribution is -1.98. The number of ether oxygens (including phenoxy) is 3. The van der Waals surface area contributed by atoms with E-state index in [0.29, 0.717) is 5.57 Å². The summed E-state index contributed by atoms with van der Waals surface area (Å²) in [7, 11) is 3.99. The summed E-state index contributed by atoms with van der Waals surface area (Å²) >= 11 is 0. The molecule has 0 aromatic heterocycles. The van der Waals surface area contributed by atoms with Gasteiger partial charge in [0.05, 0.1) is 21.3 Å². The summed E-state index contributed by atoms with van der Waals surface area (Å²) in [4.78, 5) is 30.1. The van der Waals surface area contributed by atoms with Gasteiger partial charge in [-0.25, -0.2) is 14.4 Å². The maximum atomic E-state index is 10.2. The number of methoxy groups -OCH3 is 3. The van der Waals surface area contributed by atoms with Gasteiger partial charge in [-0.1, -0.05) is 19.2 Å². The van der Waals surface area contributed by atoms with Crippen LogP contribution in [0.15, 0.2) is 37.0 Å². The van der Waals surface area contributed by atoms with Crippen LogP contribution in [0.25, 0.3) is 0 Å². The van der Waals surface area contributed by atoms with Crippen molar-refractivity contribution in [1.29, 1.82) is 0 Å². The van der Waals surface area contributed by atoms with Gasteiger partial charge in [0.15, 0.2) is 0 Å². The Labute approximate surface area is 119 Å². The quantitative estimate of drug-likeness (QED) is 0.447. The minimum Gasteiger partial charge on any atom is -0.466 e. The molecule has 0 unspecified atom stereocenters. The van der Waals surface area contributed by atoms with E-state index in [1.54, 1.807) is 19.9 Å². The van der Waals surface area contributed by atoms with E-state index in [-0.39, 0.29) is 11.9 Å². The number of hydrogen-bond acceptors (Lipinski definition) is 6. The van der Waals surface area contributed by atoms with E-state index in [2.05, 4.69) is 27.4 Å². The minimum absolute atomic E-state index is 0.303. The summed E-state index contributed by atoms with van der Waals surface area (Å²) in [5.74, 6) is -1.04. The molecular formula is C14H22O6.